The molecule has 1 heterocycles. The molecule has 0 amide bonds. The van der Waals surface area contributed by atoms with Crippen molar-refractivity contribution in [1.29, 1.82) is 0 Å². The van der Waals surface area contributed by atoms with Crippen molar-refractivity contribution in [3.63, 3.8) is 0 Å². The van der Waals surface area contributed by atoms with E-state index in [-0.39, 0.29) is 5.41 Å². The molecule has 0 radical (unpaired) electrons. The van der Waals surface area contributed by atoms with Gasteiger partial charge in [0.2, 0.25) is 0 Å². The van der Waals surface area contributed by atoms with E-state index in [1.54, 1.807) is 0 Å². The highest BCUT2D eigenvalue weighted by atomic mass is 32.2. The van der Waals surface area contributed by atoms with E-state index in [4.69, 9.17) is 0 Å². The number of hydrogen-bond acceptors (Lipinski definition) is 3. The minimum absolute atomic E-state index is 0.0812. The third kappa shape index (κ3) is 5.81. The summed E-state index contributed by atoms with van der Waals surface area (Å²) in [5.74, 6) is 0.320. The SMILES string of the molecule is CC(C)CNS(=O)(=O)NCC1(C)CCNCC1. The lowest BCUT2D eigenvalue weighted by Crippen LogP contribution is -2.46. The first-order valence-corrected chi connectivity index (χ1v) is 7.76. The Morgan fingerprint density at radius 3 is 2.35 bits per heavy atom. The average Bonchev–Trinajstić information content (AvgIpc) is 2.26. The molecule has 0 aromatic heterocycles. The first-order valence-electron chi connectivity index (χ1n) is 6.28. The highest BCUT2D eigenvalue weighted by Gasteiger charge is 2.28. The molecule has 5 nitrogen and oxygen atoms in total. The minimum Gasteiger partial charge on any atom is -0.317 e. The van der Waals surface area contributed by atoms with Crippen molar-refractivity contribution in [2.75, 3.05) is 26.2 Å². The summed E-state index contributed by atoms with van der Waals surface area (Å²) in [6.45, 7) is 9.04. The van der Waals surface area contributed by atoms with Crippen LogP contribution in [0.5, 0.6) is 0 Å². The third-order valence-electron chi connectivity index (χ3n) is 3.18. The summed E-state index contributed by atoms with van der Waals surface area (Å²) in [6, 6.07) is 0. The fourth-order valence-corrected chi connectivity index (χ4v) is 3.00. The fraction of sp³-hybridized carbons (Fsp3) is 1.00. The summed E-state index contributed by atoms with van der Waals surface area (Å²) in [5.41, 5.74) is 0.0812. The van der Waals surface area contributed by atoms with Crippen molar-refractivity contribution in [3.8, 4) is 0 Å². The lowest BCUT2D eigenvalue weighted by atomic mass is 9.81. The van der Waals surface area contributed by atoms with Crippen LogP contribution in [0.25, 0.3) is 0 Å². The van der Waals surface area contributed by atoms with Crippen LogP contribution in [0.4, 0.5) is 0 Å². The van der Waals surface area contributed by atoms with Gasteiger partial charge < -0.3 is 5.32 Å². The average molecular weight is 263 g/mol. The van der Waals surface area contributed by atoms with Crippen LogP contribution in [0.1, 0.15) is 33.6 Å². The Bertz CT molecular complexity index is 322. The van der Waals surface area contributed by atoms with Crippen molar-refractivity contribution in [3.05, 3.63) is 0 Å². The van der Waals surface area contributed by atoms with Crippen molar-refractivity contribution < 1.29 is 8.42 Å². The van der Waals surface area contributed by atoms with Gasteiger partial charge in [0.1, 0.15) is 0 Å². The summed E-state index contributed by atoms with van der Waals surface area (Å²) in [4.78, 5) is 0. The maximum atomic E-state index is 11.7. The van der Waals surface area contributed by atoms with Gasteiger partial charge in [-0.25, -0.2) is 9.44 Å². The molecule has 0 aliphatic carbocycles. The number of nitrogens with one attached hydrogen (secondary N) is 3. The molecule has 1 aliphatic rings. The maximum Gasteiger partial charge on any atom is 0.276 e. The molecule has 1 fully saturated rings. The number of hydrogen-bond donors (Lipinski definition) is 3. The van der Waals surface area contributed by atoms with Gasteiger partial charge in [-0.3, -0.25) is 0 Å². The molecule has 3 N–H and O–H groups in total. The second-order valence-electron chi connectivity index (χ2n) is 5.63. The van der Waals surface area contributed by atoms with Crippen molar-refractivity contribution >= 4 is 10.2 Å². The monoisotopic (exact) mass is 263 g/mol. The molecule has 6 heteroatoms. The number of piperidine rings is 1. The molecule has 0 aromatic carbocycles. The smallest absolute Gasteiger partial charge is 0.276 e. The maximum absolute atomic E-state index is 11.7. The predicted octanol–water partition coefficient (Wildman–Crippen LogP) is 0.456. The van der Waals surface area contributed by atoms with E-state index in [0.29, 0.717) is 19.0 Å². The van der Waals surface area contributed by atoms with E-state index < -0.39 is 10.2 Å². The van der Waals surface area contributed by atoms with Crippen LogP contribution in [0.3, 0.4) is 0 Å². The Morgan fingerprint density at radius 2 is 1.82 bits per heavy atom. The van der Waals surface area contributed by atoms with Crippen LogP contribution in [-0.2, 0) is 10.2 Å². The molecule has 0 atom stereocenters. The van der Waals surface area contributed by atoms with E-state index in [0.717, 1.165) is 25.9 Å². The Hall–Kier alpha value is -0.170. The van der Waals surface area contributed by atoms with E-state index in [1.807, 2.05) is 13.8 Å². The van der Waals surface area contributed by atoms with Crippen molar-refractivity contribution in [1.82, 2.24) is 14.8 Å². The van der Waals surface area contributed by atoms with E-state index >= 15 is 0 Å². The lowest BCUT2D eigenvalue weighted by Gasteiger charge is -2.34. The van der Waals surface area contributed by atoms with E-state index in [9.17, 15) is 8.42 Å². The normalized spacial score (nSPS) is 20.7. The Kier molecular flexibility index (Phi) is 5.37. The molecule has 17 heavy (non-hydrogen) atoms. The first kappa shape index (κ1) is 14.9. The van der Waals surface area contributed by atoms with E-state index in [1.165, 1.54) is 0 Å². The van der Waals surface area contributed by atoms with Gasteiger partial charge in [-0.2, -0.15) is 8.42 Å². The van der Waals surface area contributed by atoms with Gasteiger partial charge in [-0.05, 0) is 37.3 Å². The molecule has 0 bridgehead atoms. The van der Waals surface area contributed by atoms with Crippen molar-refractivity contribution in [2.45, 2.75) is 33.6 Å². The summed E-state index contributed by atoms with van der Waals surface area (Å²) >= 11 is 0. The topological polar surface area (TPSA) is 70.2 Å². The Morgan fingerprint density at radius 1 is 1.24 bits per heavy atom. The molecule has 102 valence electrons. The second kappa shape index (κ2) is 6.13. The Balaban J connectivity index is 2.37. The molecule has 0 aromatic rings. The molecule has 1 rings (SSSR count). The van der Waals surface area contributed by atoms with Gasteiger partial charge >= 0.3 is 0 Å². The largest absolute Gasteiger partial charge is 0.317 e. The summed E-state index contributed by atoms with van der Waals surface area (Å²) in [6.07, 6.45) is 2.03. The van der Waals surface area contributed by atoms with Gasteiger partial charge in [0.25, 0.3) is 10.2 Å². The second-order valence-corrected chi connectivity index (χ2v) is 7.21. The standard InChI is InChI=1S/C11H25N3O2S/c1-10(2)8-13-17(15,16)14-9-11(3)4-6-12-7-5-11/h10,12-14H,4-9H2,1-3H3. The third-order valence-corrected chi connectivity index (χ3v) is 4.25. The highest BCUT2D eigenvalue weighted by molar-refractivity contribution is 7.87. The van der Waals surface area contributed by atoms with Crippen molar-refractivity contribution in [2.24, 2.45) is 11.3 Å². The highest BCUT2D eigenvalue weighted by Crippen LogP contribution is 2.26. The van der Waals surface area contributed by atoms with Gasteiger partial charge in [-0.1, -0.05) is 20.8 Å². The Labute approximate surface area is 105 Å². The van der Waals surface area contributed by atoms with E-state index in [2.05, 4.69) is 21.7 Å². The quantitative estimate of drug-likeness (QED) is 0.652. The fourth-order valence-electron chi connectivity index (χ4n) is 1.80. The van der Waals surface area contributed by atoms with Crippen LogP contribution in [0.2, 0.25) is 0 Å². The first-order chi connectivity index (χ1) is 7.83. The summed E-state index contributed by atoms with van der Waals surface area (Å²) in [5, 5.41) is 3.28. The molecule has 1 aliphatic heterocycles. The molecule has 0 unspecified atom stereocenters. The molecular weight excluding hydrogens is 238 g/mol. The zero-order valence-corrected chi connectivity index (χ0v) is 11.9. The molecular formula is C11H25N3O2S. The van der Waals surface area contributed by atoms with Crippen LogP contribution >= 0.6 is 0 Å². The van der Waals surface area contributed by atoms with Crippen LogP contribution in [-0.4, -0.2) is 34.6 Å². The molecule has 0 spiro atoms. The van der Waals surface area contributed by atoms with Crippen LogP contribution in [0.15, 0.2) is 0 Å². The summed E-state index contributed by atoms with van der Waals surface area (Å²) < 4.78 is 28.6. The molecule has 1 saturated heterocycles. The minimum atomic E-state index is -3.33. The summed E-state index contributed by atoms with van der Waals surface area (Å²) in [7, 11) is -3.33. The zero-order chi connectivity index (χ0) is 12.9. The van der Waals surface area contributed by atoms with Crippen LogP contribution < -0.4 is 14.8 Å². The zero-order valence-electron chi connectivity index (χ0n) is 11.0. The number of rotatable bonds is 6. The van der Waals surface area contributed by atoms with Gasteiger partial charge in [-0.15, -0.1) is 0 Å². The van der Waals surface area contributed by atoms with Gasteiger partial charge in [0.15, 0.2) is 0 Å². The van der Waals surface area contributed by atoms with Gasteiger partial charge in [0, 0.05) is 13.1 Å². The lowest BCUT2D eigenvalue weighted by molar-refractivity contribution is 0.232. The predicted molar refractivity (Wildman–Crippen MR) is 70.0 cm³/mol. The van der Waals surface area contributed by atoms with Crippen LogP contribution in [0, 0.1) is 11.3 Å². The molecule has 0 saturated carbocycles. The van der Waals surface area contributed by atoms with Gasteiger partial charge in [0.05, 0.1) is 0 Å².